The smallest absolute Gasteiger partial charge is 0.281 e. The number of likely N-dealkylation sites (tertiary alicyclic amines) is 2. The molecule has 4 N–H and O–H groups in total. The third-order valence-corrected chi connectivity index (χ3v) is 6.45. The molecule has 2 atom stereocenters. The van der Waals surface area contributed by atoms with Crippen LogP contribution >= 0.6 is 0 Å². The van der Waals surface area contributed by atoms with E-state index in [-0.39, 0.29) is 17.7 Å². The monoisotopic (exact) mass is 412 g/mol. The molecule has 0 saturated carbocycles. The Bertz CT molecular complexity index is 948. The number of hydrogen-bond acceptors (Lipinski definition) is 4. The van der Waals surface area contributed by atoms with Crippen molar-refractivity contribution in [3.05, 3.63) is 36.0 Å². The van der Waals surface area contributed by atoms with Crippen molar-refractivity contribution in [1.82, 2.24) is 14.8 Å². The minimum absolute atomic E-state index is 0.0000323. The topological polar surface area (TPSA) is 124 Å². The highest BCUT2D eigenvalue weighted by atomic mass is 16.4. The summed E-state index contributed by atoms with van der Waals surface area (Å²) in [6.45, 7) is 1.47. The number of fused-ring (bicyclic) bond motifs is 1. The number of hydrogen-bond donors (Lipinski definition) is 2. The molecule has 30 heavy (non-hydrogen) atoms. The van der Waals surface area contributed by atoms with E-state index in [2.05, 4.69) is 10.7 Å². The average Bonchev–Trinajstić information content (AvgIpc) is 3.41. The Balaban J connectivity index is 1.32. The molecule has 4 rings (SSSR count). The standard InChI is InChI=1S/C22H28N4O4/c23-17(12-15-13-24-18-5-2-1-4-16(15)18)21(28)25-10-7-14(8-11-25)20(27)26-9-3-6-19(26)22(29)30/h1-2,4-5,13-14,17,19,24H,3,6-12,23H2,(H,29,30)/t17-,19+/m0/s1. The molecule has 2 aliphatic rings. The van der Waals surface area contributed by atoms with Crippen LogP contribution in [0.3, 0.4) is 0 Å². The third kappa shape index (κ3) is 3.92. The van der Waals surface area contributed by atoms with Gasteiger partial charge in [-0.2, -0.15) is 0 Å². The fourth-order valence-corrected chi connectivity index (χ4v) is 4.77. The van der Waals surface area contributed by atoms with Gasteiger partial charge in [0.25, 0.3) is 5.91 Å². The summed E-state index contributed by atoms with van der Waals surface area (Å²) in [6, 6.07) is 6.79. The first-order chi connectivity index (χ1) is 14.5. The molecule has 0 bridgehead atoms. The number of aromatic nitrogens is 1. The SMILES string of the molecule is [NH3+][C@@H](Cc1c[nH]c2ccccc12)C(=O)N1CCC(C(=O)N2CCC[C@@H]2C(=O)[O-])CC1. The molecule has 3 heterocycles. The van der Waals surface area contributed by atoms with Gasteiger partial charge in [-0.15, -0.1) is 0 Å². The molecule has 0 radical (unpaired) electrons. The number of nitrogens with zero attached hydrogens (tertiary/aromatic N) is 2. The summed E-state index contributed by atoms with van der Waals surface area (Å²) in [7, 11) is 0. The minimum Gasteiger partial charge on any atom is -0.548 e. The van der Waals surface area contributed by atoms with Crippen LogP contribution in [0.1, 0.15) is 31.2 Å². The Morgan fingerprint density at radius 1 is 1.13 bits per heavy atom. The first kappa shape index (κ1) is 20.4. The summed E-state index contributed by atoms with van der Waals surface area (Å²) >= 11 is 0. The molecule has 0 aliphatic carbocycles. The van der Waals surface area contributed by atoms with Gasteiger partial charge in [0, 0.05) is 49.1 Å². The second kappa shape index (κ2) is 8.47. The highest BCUT2D eigenvalue weighted by molar-refractivity contribution is 5.87. The van der Waals surface area contributed by atoms with Crippen LogP contribution in [-0.4, -0.2) is 64.3 Å². The summed E-state index contributed by atoms with van der Waals surface area (Å²) in [6.07, 6.45) is 4.76. The van der Waals surface area contributed by atoms with Crippen LogP contribution in [0.5, 0.6) is 0 Å². The number of nitrogens with one attached hydrogen (secondary N) is 1. The Morgan fingerprint density at radius 2 is 1.87 bits per heavy atom. The molecule has 0 unspecified atom stereocenters. The summed E-state index contributed by atoms with van der Waals surface area (Å²) in [5.41, 5.74) is 6.21. The lowest BCUT2D eigenvalue weighted by Crippen LogP contribution is -2.69. The number of aromatic amines is 1. The van der Waals surface area contributed by atoms with Crippen molar-refractivity contribution in [1.29, 1.82) is 0 Å². The van der Waals surface area contributed by atoms with Crippen molar-refractivity contribution in [2.75, 3.05) is 19.6 Å². The number of benzene rings is 1. The number of carboxylic acid groups (broad SMARTS) is 1. The Hall–Kier alpha value is -2.87. The number of amides is 2. The molecular formula is C22H28N4O4. The molecule has 2 fully saturated rings. The number of quaternary nitrogens is 1. The molecule has 1 aromatic carbocycles. The molecule has 1 aromatic heterocycles. The number of piperidine rings is 1. The van der Waals surface area contributed by atoms with Crippen molar-refractivity contribution >= 4 is 28.7 Å². The first-order valence-corrected chi connectivity index (χ1v) is 10.6. The highest BCUT2D eigenvalue weighted by Gasteiger charge is 2.37. The second-order valence-corrected chi connectivity index (χ2v) is 8.37. The lowest BCUT2D eigenvalue weighted by Gasteiger charge is -2.35. The van der Waals surface area contributed by atoms with Crippen molar-refractivity contribution in [3.63, 3.8) is 0 Å². The molecule has 2 aromatic rings. The van der Waals surface area contributed by atoms with Crippen molar-refractivity contribution in [2.45, 2.75) is 44.2 Å². The zero-order valence-corrected chi connectivity index (χ0v) is 17.0. The van der Waals surface area contributed by atoms with Gasteiger partial charge in [0.15, 0.2) is 6.04 Å². The molecule has 8 nitrogen and oxygen atoms in total. The molecule has 8 heteroatoms. The van der Waals surface area contributed by atoms with Crippen LogP contribution < -0.4 is 10.8 Å². The molecule has 2 saturated heterocycles. The minimum atomic E-state index is -1.18. The van der Waals surface area contributed by atoms with Crippen LogP contribution in [0.15, 0.2) is 30.5 Å². The van der Waals surface area contributed by atoms with E-state index in [1.54, 1.807) is 4.90 Å². The summed E-state index contributed by atoms with van der Waals surface area (Å²) in [5.74, 6) is -1.52. The molecule has 0 spiro atoms. The largest absolute Gasteiger partial charge is 0.548 e. The fraction of sp³-hybridized carbons (Fsp3) is 0.500. The average molecular weight is 412 g/mol. The van der Waals surface area contributed by atoms with Gasteiger partial charge in [0.1, 0.15) is 0 Å². The highest BCUT2D eigenvalue weighted by Crippen LogP contribution is 2.26. The predicted octanol–water partition coefficient (Wildman–Crippen LogP) is -0.700. The van der Waals surface area contributed by atoms with E-state index in [1.165, 1.54) is 4.90 Å². The van der Waals surface area contributed by atoms with E-state index in [1.807, 2.05) is 30.5 Å². The normalized spacial score (nSPS) is 21.2. The third-order valence-electron chi connectivity index (χ3n) is 6.45. The van der Waals surface area contributed by atoms with Gasteiger partial charge in [-0.05, 0) is 37.3 Å². The number of carboxylic acids is 1. The van der Waals surface area contributed by atoms with E-state index >= 15 is 0 Å². The Kier molecular flexibility index (Phi) is 5.76. The lowest BCUT2D eigenvalue weighted by atomic mass is 9.94. The van der Waals surface area contributed by atoms with E-state index in [0.29, 0.717) is 51.7 Å². The van der Waals surface area contributed by atoms with E-state index in [9.17, 15) is 19.5 Å². The molecular weight excluding hydrogens is 384 g/mol. The number of carbonyl (C=O) groups excluding carboxylic acids is 3. The maximum absolute atomic E-state index is 12.9. The molecule has 2 amide bonds. The number of carbonyl (C=O) groups is 3. The van der Waals surface area contributed by atoms with Crippen LogP contribution in [0.4, 0.5) is 0 Å². The van der Waals surface area contributed by atoms with E-state index < -0.39 is 18.1 Å². The lowest BCUT2D eigenvalue weighted by molar-refractivity contribution is -0.405. The fourth-order valence-electron chi connectivity index (χ4n) is 4.77. The van der Waals surface area contributed by atoms with Gasteiger partial charge in [0.05, 0.1) is 12.0 Å². The van der Waals surface area contributed by atoms with Crippen molar-refractivity contribution in [3.8, 4) is 0 Å². The van der Waals surface area contributed by atoms with Gasteiger partial charge < -0.3 is 30.4 Å². The zero-order chi connectivity index (χ0) is 21.3. The van der Waals surface area contributed by atoms with Gasteiger partial charge in [-0.25, -0.2) is 0 Å². The number of rotatable bonds is 5. The maximum Gasteiger partial charge on any atom is 0.281 e. The zero-order valence-electron chi connectivity index (χ0n) is 17.0. The number of H-pyrrole nitrogens is 1. The quantitative estimate of drug-likeness (QED) is 0.674. The van der Waals surface area contributed by atoms with Crippen LogP contribution in [0, 0.1) is 5.92 Å². The van der Waals surface area contributed by atoms with Crippen molar-refractivity contribution in [2.24, 2.45) is 5.92 Å². The van der Waals surface area contributed by atoms with Crippen LogP contribution in [-0.2, 0) is 20.8 Å². The molecule has 160 valence electrons. The van der Waals surface area contributed by atoms with Crippen molar-refractivity contribution < 1.29 is 25.2 Å². The van der Waals surface area contributed by atoms with Gasteiger partial charge in [-0.1, -0.05) is 18.2 Å². The summed E-state index contributed by atoms with van der Waals surface area (Å²) in [5, 5.41) is 12.4. The number of aliphatic carboxylic acids is 1. The number of para-hydroxylation sites is 1. The van der Waals surface area contributed by atoms with Crippen LogP contribution in [0.2, 0.25) is 0 Å². The van der Waals surface area contributed by atoms with E-state index in [4.69, 9.17) is 0 Å². The molecule has 2 aliphatic heterocycles. The Morgan fingerprint density at radius 3 is 2.60 bits per heavy atom. The Labute approximate surface area is 175 Å². The maximum atomic E-state index is 12.9. The van der Waals surface area contributed by atoms with Gasteiger partial charge >= 0.3 is 0 Å². The summed E-state index contributed by atoms with van der Waals surface area (Å²) in [4.78, 5) is 43.4. The second-order valence-electron chi connectivity index (χ2n) is 8.37. The van der Waals surface area contributed by atoms with Gasteiger partial charge in [-0.3, -0.25) is 9.59 Å². The van der Waals surface area contributed by atoms with Crippen LogP contribution in [0.25, 0.3) is 10.9 Å². The van der Waals surface area contributed by atoms with Gasteiger partial charge in [0.2, 0.25) is 5.91 Å². The summed E-state index contributed by atoms with van der Waals surface area (Å²) < 4.78 is 0. The first-order valence-electron chi connectivity index (χ1n) is 10.6. The van der Waals surface area contributed by atoms with E-state index in [0.717, 1.165) is 16.5 Å². The predicted molar refractivity (Wildman–Crippen MR) is 108 cm³/mol.